The summed E-state index contributed by atoms with van der Waals surface area (Å²) in [6.45, 7) is 11.5. The van der Waals surface area contributed by atoms with Crippen LogP contribution < -0.4 is 10.1 Å². The maximum atomic E-state index is 12.4. The van der Waals surface area contributed by atoms with Gasteiger partial charge in [0.1, 0.15) is 12.3 Å². The van der Waals surface area contributed by atoms with E-state index in [2.05, 4.69) is 28.7 Å². The molecule has 1 aromatic rings. The molecule has 1 aromatic carbocycles. The minimum absolute atomic E-state index is 0.0203. The van der Waals surface area contributed by atoms with Crippen LogP contribution in [-0.4, -0.2) is 69.1 Å². The molecule has 0 radical (unpaired) electrons. The van der Waals surface area contributed by atoms with E-state index in [4.69, 9.17) is 9.47 Å². The number of rotatable bonds is 12. The number of hydrogen-bond donors (Lipinski definition) is 1. The molecule has 6 nitrogen and oxygen atoms in total. The number of morpholine rings is 1. The molecule has 1 aliphatic carbocycles. The summed E-state index contributed by atoms with van der Waals surface area (Å²) >= 11 is 0. The van der Waals surface area contributed by atoms with Crippen molar-refractivity contribution in [3.05, 3.63) is 48.6 Å². The molecule has 1 amide bonds. The topological polar surface area (TPSA) is 63.2 Å². The molecular weight excluding hydrogens is 426 g/mol. The molecule has 1 aliphatic heterocycles. The lowest BCUT2D eigenvalue weighted by atomic mass is 9.84. The number of allylic oxidation sites excluding steroid dienone is 3. The maximum Gasteiger partial charge on any atom is 0.241 e. The molecule has 3 rings (SSSR count). The number of nitrogens with one attached hydrogen (secondary N) is 1. The highest BCUT2D eigenvalue weighted by atomic mass is 16.5. The van der Waals surface area contributed by atoms with Gasteiger partial charge in [0.05, 0.1) is 19.8 Å². The van der Waals surface area contributed by atoms with Crippen molar-refractivity contribution in [2.75, 3.05) is 46.0 Å². The maximum absolute atomic E-state index is 12.4. The predicted octanol–water partition coefficient (Wildman–Crippen LogP) is 4.51. The van der Waals surface area contributed by atoms with Crippen LogP contribution in [0.5, 0.6) is 5.75 Å². The molecule has 2 fully saturated rings. The average Bonchev–Trinajstić information content (AvgIpc) is 2.87. The van der Waals surface area contributed by atoms with Crippen LogP contribution in [0.25, 0.3) is 5.57 Å². The van der Waals surface area contributed by atoms with E-state index in [-0.39, 0.29) is 18.5 Å². The molecule has 0 aromatic heterocycles. The summed E-state index contributed by atoms with van der Waals surface area (Å²) in [5.74, 6) is 1.43. The van der Waals surface area contributed by atoms with E-state index >= 15 is 0 Å². The number of benzene rings is 1. The third-order valence-electron chi connectivity index (χ3n) is 6.69. The Morgan fingerprint density at radius 2 is 1.97 bits per heavy atom. The van der Waals surface area contributed by atoms with Gasteiger partial charge >= 0.3 is 0 Å². The molecule has 0 unspecified atom stereocenters. The van der Waals surface area contributed by atoms with E-state index < -0.39 is 0 Å². The normalized spacial score (nSPS) is 19.1. The van der Waals surface area contributed by atoms with Crippen LogP contribution in [-0.2, 0) is 9.53 Å². The minimum Gasteiger partial charge on any atom is -0.494 e. The Labute approximate surface area is 205 Å². The molecule has 1 saturated heterocycles. The highest BCUT2D eigenvalue weighted by molar-refractivity contribution is 6.10. The number of amides is 1. The van der Waals surface area contributed by atoms with Crippen molar-refractivity contribution in [2.24, 2.45) is 10.9 Å². The molecular formula is C28H41N3O3. The molecule has 0 spiro atoms. The largest absolute Gasteiger partial charge is 0.494 e. The van der Waals surface area contributed by atoms with Gasteiger partial charge in [0.25, 0.3) is 0 Å². The van der Waals surface area contributed by atoms with Crippen LogP contribution in [0.2, 0.25) is 0 Å². The fourth-order valence-electron chi connectivity index (χ4n) is 4.67. The first-order valence-corrected chi connectivity index (χ1v) is 12.8. The highest BCUT2D eigenvalue weighted by Crippen LogP contribution is 2.26. The van der Waals surface area contributed by atoms with Crippen LogP contribution in [0.4, 0.5) is 0 Å². The third kappa shape index (κ3) is 9.07. The van der Waals surface area contributed by atoms with Crippen molar-refractivity contribution in [1.82, 2.24) is 10.2 Å². The molecule has 2 aliphatic rings. The first kappa shape index (κ1) is 26.2. The van der Waals surface area contributed by atoms with Gasteiger partial charge in [-0.25, -0.2) is 0 Å². The lowest BCUT2D eigenvalue weighted by Crippen LogP contribution is -2.40. The van der Waals surface area contributed by atoms with E-state index in [1.807, 2.05) is 30.3 Å². The van der Waals surface area contributed by atoms with Crippen molar-refractivity contribution < 1.29 is 14.3 Å². The first-order valence-electron chi connectivity index (χ1n) is 12.8. The van der Waals surface area contributed by atoms with Crippen LogP contribution in [0.1, 0.15) is 51.0 Å². The van der Waals surface area contributed by atoms with E-state index in [0.29, 0.717) is 12.5 Å². The second-order valence-electron chi connectivity index (χ2n) is 9.26. The zero-order chi connectivity index (χ0) is 24.0. The second-order valence-corrected chi connectivity index (χ2v) is 9.26. The summed E-state index contributed by atoms with van der Waals surface area (Å²) in [7, 11) is 0. The van der Waals surface area contributed by atoms with Crippen molar-refractivity contribution in [1.29, 1.82) is 0 Å². The SMILES string of the molecule is C=C/C=C(\C=N/CC(=O)N[C@@H](C)C1CCCCC1)c1ccc(OCCCN2CCOCC2)cc1. The molecule has 34 heavy (non-hydrogen) atoms. The Morgan fingerprint density at radius 3 is 2.68 bits per heavy atom. The predicted molar refractivity (Wildman–Crippen MR) is 140 cm³/mol. The molecule has 0 bridgehead atoms. The number of aliphatic imine (C=N–C) groups is 1. The van der Waals surface area contributed by atoms with Gasteiger partial charge in [-0.05, 0) is 55.4 Å². The van der Waals surface area contributed by atoms with Crippen LogP contribution >= 0.6 is 0 Å². The summed E-state index contributed by atoms with van der Waals surface area (Å²) in [4.78, 5) is 19.2. The number of carbonyl (C=O) groups is 1. The highest BCUT2D eigenvalue weighted by Gasteiger charge is 2.21. The molecule has 1 atom stereocenters. The fraction of sp³-hybridized carbons (Fsp3) is 0.571. The lowest BCUT2D eigenvalue weighted by molar-refractivity contribution is -0.120. The van der Waals surface area contributed by atoms with Crippen LogP contribution in [0, 0.1) is 5.92 Å². The van der Waals surface area contributed by atoms with Gasteiger partial charge in [0.2, 0.25) is 5.91 Å². The zero-order valence-electron chi connectivity index (χ0n) is 20.7. The Balaban J connectivity index is 1.42. The Kier molecular flexibility index (Phi) is 11.3. The number of nitrogens with zero attached hydrogens (tertiary/aromatic N) is 2. The smallest absolute Gasteiger partial charge is 0.241 e. The Hall–Kier alpha value is -2.44. The van der Waals surface area contributed by atoms with Crippen LogP contribution in [0.3, 0.4) is 0 Å². The molecule has 1 N–H and O–H groups in total. The van der Waals surface area contributed by atoms with E-state index in [9.17, 15) is 4.79 Å². The fourth-order valence-corrected chi connectivity index (χ4v) is 4.67. The number of hydrogen-bond acceptors (Lipinski definition) is 5. The van der Waals surface area contributed by atoms with E-state index in [1.165, 1.54) is 32.1 Å². The molecule has 186 valence electrons. The lowest BCUT2D eigenvalue weighted by Gasteiger charge is -2.28. The van der Waals surface area contributed by atoms with Gasteiger partial charge in [-0.3, -0.25) is 14.7 Å². The summed E-state index contributed by atoms with van der Waals surface area (Å²) in [6, 6.07) is 8.21. The van der Waals surface area contributed by atoms with Crippen molar-refractivity contribution in [3.8, 4) is 5.75 Å². The first-order chi connectivity index (χ1) is 16.7. The standard InChI is InChI=1S/C28H41N3O3/c1-3-8-26(21-29-22-28(32)30-23(2)24-9-5-4-6-10-24)25-11-13-27(14-12-25)34-18-7-15-31-16-19-33-20-17-31/h3,8,11-14,21,23-24H,1,4-7,9-10,15-20,22H2,2H3,(H,30,32)/b26-8+,29-21-/t23-/m0/s1. The van der Waals surface area contributed by atoms with Gasteiger partial charge in [-0.2, -0.15) is 0 Å². The van der Waals surface area contributed by atoms with Gasteiger partial charge in [-0.15, -0.1) is 0 Å². The van der Waals surface area contributed by atoms with Crippen LogP contribution in [0.15, 0.2) is 48.0 Å². The van der Waals surface area contributed by atoms with Gasteiger partial charge in [-0.1, -0.05) is 50.1 Å². The molecule has 1 saturated carbocycles. The zero-order valence-corrected chi connectivity index (χ0v) is 20.7. The molecule has 1 heterocycles. The van der Waals surface area contributed by atoms with Gasteiger partial charge in [0, 0.05) is 31.9 Å². The van der Waals surface area contributed by atoms with E-state index in [1.54, 1.807) is 12.3 Å². The van der Waals surface area contributed by atoms with Crippen molar-refractivity contribution in [2.45, 2.75) is 51.5 Å². The second kappa shape index (κ2) is 14.7. The Morgan fingerprint density at radius 1 is 1.24 bits per heavy atom. The van der Waals surface area contributed by atoms with Crippen molar-refractivity contribution in [3.63, 3.8) is 0 Å². The van der Waals surface area contributed by atoms with E-state index in [0.717, 1.165) is 56.2 Å². The van der Waals surface area contributed by atoms with Gasteiger partial charge in [0.15, 0.2) is 0 Å². The Bertz CT molecular complexity index is 807. The van der Waals surface area contributed by atoms with Crippen molar-refractivity contribution >= 4 is 17.7 Å². The monoisotopic (exact) mass is 467 g/mol. The summed E-state index contributed by atoms with van der Waals surface area (Å²) in [6.07, 6.45) is 12.7. The quantitative estimate of drug-likeness (QED) is 0.279. The minimum atomic E-state index is -0.0203. The summed E-state index contributed by atoms with van der Waals surface area (Å²) in [5.41, 5.74) is 1.93. The molecule has 6 heteroatoms. The number of carbonyl (C=O) groups excluding carboxylic acids is 1. The summed E-state index contributed by atoms with van der Waals surface area (Å²) in [5, 5.41) is 3.13. The number of ether oxygens (including phenoxy) is 2. The van der Waals surface area contributed by atoms with Gasteiger partial charge < -0.3 is 14.8 Å². The summed E-state index contributed by atoms with van der Waals surface area (Å²) < 4.78 is 11.3. The average molecular weight is 468 g/mol. The third-order valence-corrected chi connectivity index (χ3v) is 6.69.